The summed E-state index contributed by atoms with van der Waals surface area (Å²) in [6.07, 6.45) is -3.65. The molecule has 6 atom stereocenters. The van der Waals surface area contributed by atoms with Crippen LogP contribution in [0.2, 0.25) is 10.1 Å². The van der Waals surface area contributed by atoms with Crippen molar-refractivity contribution in [1.82, 2.24) is 14.9 Å². The van der Waals surface area contributed by atoms with Gasteiger partial charge in [0.05, 0.1) is 6.61 Å². The summed E-state index contributed by atoms with van der Waals surface area (Å²) in [5.74, 6) is -3.12. The Morgan fingerprint density at radius 1 is 0.800 bits per heavy atom. The van der Waals surface area contributed by atoms with Crippen molar-refractivity contribution < 1.29 is 74.7 Å². The Balaban J connectivity index is 0.00000122. The van der Waals surface area contributed by atoms with Gasteiger partial charge in [0.2, 0.25) is 5.62 Å². The van der Waals surface area contributed by atoms with Gasteiger partial charge in [-0.3, -0.25) is 14.9 Å². The summed E-state index contributed by atoms with van der Waals surface area (Å²) in [6.45, 7) is 14.4. The van der Waals surface area contributed by atoms with E-state index in [1.165, 1.54) is 0 Å². The molecule has 75 heavy (non-hydrogen) atoms. The zero-order valence-corrected chi connectivity index (χ0v) is 44.1. The van der Waals surface area contributed by atoms with Crippen LogP contribution in [-0.4, -0.2) is 104 Å². The quantitative estimate of drug-likeness (QED) is 0.0388. The number of halogens is 3. The van der Waals surface area contributed by atoms with E-state index in [0.29, 0.717) is 26.1 Å². The molecule has 2 amide bonds. The number of rotatable bonds is 17. The lowest BCUT2D eigenvalue weighted by molar-refractivity contribution is -0.216. The number of carbonyl (C=O) groups excluding carboxylic acids is 3. The molecule has 0 aliphatic carbocycles. The fourth-order valence-corrected chi connectivity index (χ4v) is 13.9. The standard InChI is InChI=1S/C51H67N5O11Si.C2HF3O2/c1-50(2,3)68(51(4,5)6)64-35-40-43(67-68)44(66-42-27-17-19-31-60-42)45(65-40)56-30-28-41(55-49(59)63-34-38-24-14-9-15-25-38)54-47(56)52-29-18-16-26-39(46(57)61-32-36-20-10-7-11-21-36)53-48(58)62-33-37-22-12-8-13-23-37;3-2(4,5)1(6)7/h7-15,20-25,28,30,39-40,42-45H,16-19,26-27,29,31-35H2,1-6H3,(H,53,58)(H,52,54,55,59);(H,6,7)/t39-,40+,42?,43+,44+,45+;/m0./s1. The topological polar surface area (TPSA) is 217 Å². The smallest absolute Gasteiger partial charge is 0.475 e. The average molecular weight is 1070 g/mol. The second-order valence-corrected chi connectivity index (χ2v) is 25.0. The molecule has 3 fully saturated rings. The molecule has 3 aromatic carbocycles. The molecule has 3 saturated heterocycles. The first-order valence-electron chi connectivity index (χ1n) is 24.9. The predicted molar refractivity (Wildman–Crippen MR) is 269 cm³/mol. The number of carboxylic acids is 1. The van der Waals surface area contributed by atoms with Crippen molar-refractivity contribution in [1.29, 1.82) is 0 Å². The molecule has 0 bridgehead atoms. The molecule has 18 nitrogen and oxygen atoms in total. The monoisotopic (exact) mass is 1070 g/mol. The molecule has 3 N–H and O–H groups in total. The van der Waals surface area contributed by atoms with E-state index in [1.54, 1.807) is 16.8 Å². The number of alkyl carbamates (subject to hydrolysis) is 1. The second kappa shape index (κ2) is 26.5. The maximum Gasteiger partial charge on any atom is 0.490 e. The molecule has 408 valence electrons. The number of aromatic nitrogens is 2. The van der Waals surface area contributed by atoms with Crippen LogP contribution in [0.25, 0.3) is 0 Å². The number of unbranched alkanes of at least 4 members (excludes halogenated alkanes) is 1. The van der Waals surface area contributed by atoms with Gasteiger partial charge in [0, 0.05) is 29.4 Å². The molecule has 0 spiro atoms. The largest absolute Gasteiger partial charge is 0.490 e. The van der Waals surface area contributed by atoms with Gasteiger partial charge in [-0.15, -0.1) is 0 Å². The van der Waals surface area contributed by atoms with Gasteiger partial charge in [-0.2, -0.15) is 18.2 Å². The summed E-state index contributed by atoms with van der Waals surface area (Å²) in [5.41, 5.74) is 2.73. The number of carbonyl (C=O) groups is 4. The van der Waals surface area contributed by atoms with E-state index in [2.05, 4.69) is 52.2 Å². The molecule has 22 heteroatoms. The summed E-state index contributed by atoms with van der Waals surface area (Å²) in [6, 6.07) is 28.7. The first kappa shape index (κ1) is 58.1. The Hall–Kier alpha value is -6.17. The minimum absolute atomic E-state index is 0.0456. The summed E-state index contributed by atoms with van der Waals surface area (Å²) in [4.78, 5) is 58.2. The predicted octanol–water partition coefficient (Wildman–Crippen LogP) is 9.64. The number of esters is 1. The minimum atomic E-state index is -5.08. The van der Waals surface area contributed by atoms with E-state index in [9.17, 15) is 27.6 Å². The highest BCUT2D eigenvalue weighted by atomic mass is 28.4. The molecule has 3 aliphatic heterocycles. The van der Waals surface area contributed by atoms with Crippen molar-refractivity contribution in [2.75, 3.05) is 25.1 Å². The van der Waals surface area contributed by atoms with E-state index in [-0.39, 0.29) is 54.3 Å². The molecule has 4 heterocycles. The Bertz CT molecular complexity index is 2530. The number of nitrogens with one attached hydrogen (secondary N) is 2. The van der Waals surface area contributed by atoms with Crippen molar-refractivity contribution in [3.63, 3.8) is 0 Å². The van der Waals surface area contributed by atoms with E-state index >= 15 is 0 Å². The number of carboxylic acid groups (broad SMARTS) is 1. The van der Waals surface area contributed by atoms with Crippen molar-refractivity contribution >= 4 is 38.5 Å². The number of aliphatic carboxylic acids is 1. The van der Waals surface area contributed by atoms with Crippen LogP contribution in [0, 0.1) is 0 Å². The maximum absolute atomic E-state index is 13.5. The number of ether oxygens (including phenoxy) is 6. The number of alkyl halides is 3. The first-order chi connectivity index (χ1) is 35.6. The number of benzene rings is 3. The number of anilines is 1. The Labute approximate surface area is 435 Å². The molecular formula is C53H68F3N5O13Si. The number of amides is 2. The van der Waals surface area contributed by atoms with Gasteiger partial charge < -0.3 is 47.7 Å². The van der Waals surface area contributed by atoms with Crippen LogP contribution < -0.4 is 16.3 Å². The number of fused-ring (bicyclic) bond motifs is 1. The summed E-state index contributed by atoms with van der Waals surface area (Å²) in [7, 11) is -2.96. The second-order valence-electron chi connectivity index (χ2n) is 20.2. The SMILES string of the molecule is CC(C)(C)[Si]1(C(C)(C)C)OC[C@H]2O[C@@H](n3ccc(NC(=O)OCc4ccccc4)nc3=NCCCC[C@H](NC(=O)OCc3ccccc3)C(=O)OCc3ccccc3)[C@H](OC3CCCCO3)[C@@H]2O1.O=C(O)C(F)(F)F. The molecule has 3 aliphatic rings. The van der Waals surface area contributed by atoms with Crippen molar-refractivity contribution in [3.05, 3.63) is 126 Å². The fourth-order valence-electron chi connectivity index (χ4n) is 8.98. The first-order valence-corrected chi connectivity index (χ1v) is 26.7. The highest BCUT2D eigenvalue weighted by molar-refractivity contribution is 6.73. The normalized spacial score (nSPS) is 21.1. The highest BCUT2D eigenvalue weighted by Crippen LogP contribution is 2.56. The minimum Gasteiger partial charge on any atom is -0.475 e. The lowest BCUT2D eigenvalue weighted by Gasteiger charge is -2.53. The Morgan fingerprint density at radius 2 is 1.36 bits per heavy atom. The van der Waals surface area contributed by atoms with Crippen molar-refractivity contribution in [2.24, 2.45) is 4.99 Å². The van der Waals surface area contributed by atoms with Gasteiger partial charge in [0.15, 0.2) is 12.5 Å². The van der Waals surface area contributed by atoms with Gasteiger partial charge in [0.1, 0.15) is 50.0 Å². The third-order valence-corrected chi connectivity index (χ3v) is 17.6. The van der Waals surface area contributed by atoms with Gasteiger partial charge in [0.25, 0.3) is 0 Å². The molecule has 0 saturated carbocycles. The zero-order valence-electron chi connectivity index (χ0n) is 43.1. The highest BCUT2D eigenvalue weighted by Gasteiger charge is 2.65. The maximum atomic E-state index is 13.5. The lowest BCUT2D eigenvalue weighted by Crippen LogP contribution is -2.65. The summed E-state index contributed by atoms with van der Waals surface area (Å²) in [5, 5.41) is 12.0. The molecule has 4 aromatic rings. The van der Waals surface area contributed by atoms with Crippen molar-refractivity contribution in [2.45, 2.75) is 153 Å². The molecule has 7 rings (SSSR count). The number of hydrogen-bond acceptors (Lipinski definition) is 14. The van der Waals surface area contributed by atoms with Crippen LogP contribution in [-0.2, 0) is 66.7 Å². The average Bonchev–Trinajstić information content (AvgIpc) is 3.73. The van der Waals surface area contributed by atoms with Crippen LogP contribution >= 0.6 is 0 Å². The van der Waals surface area contributed by atoms with E-state index in [4.69, 9.17) is 57.2 Å². The zero-order chi connectivity index (χ0) is 54.2. The van der Waals surface area contributed by atoms with Gasteiger partial charge in [-0.25, -0.2) is 19.2 Å². The fraction of sp³-hybridized carbons (Fsp3) is 0.509. The number of hydrogen-bond donors (Lipinski definition) is 3. The number of nitrogens with zero attached hydrogens (tertiary/aromatic N) is 3. The van der Waals surface area contributed by atoms with Crippen LogP contribution in [0.4, 0.5) is 28.6 Å². The Morgan fingerprint density at radius 3 is 1.89 bits per heavy atom. The van der Waals surface area contributed by atoms with Crippen LogP contribution in [0.5, 0.6) is 0 Å². The van der Waals surface area contributed by atoms with Gasteiger partial charge >= 0.3 is 38.9 Å². The van der Waals surface area contributed by atoms with Crippen LogP contribution in [0.1, 0.15) is 103 Å². The summed E-state index contributed by atoms with van der Waals surface area (Å²) < 4.78 is 84.1. The van der Waals surface area contributed by atoms with Crippen LogP contribution in [0.15, 0.2) is 108 Å². The van der Waals surface area contributed by atoms with E-state index in [0.717, 1.165) is 36.0 Å². The summed E-state index contributed by atoms with van der Waals surface area (Å²) >= 11 is 0. The van der Waals surface area contributed by atoms with Gasteiger partial charge in [-0.05, 0) is 61.3 Å². The third-order valence-electron chi connectivity index (χ3n) is 12.4. The van der Waals surface area contributed by atoms with Gasteiger partial charge in [-0.1, -0.05) is 133 Å². The van der Waals surface area contributed by atoms with E-state index in [1.807, 2.05) is 91.0 Å². The van der Waals surface area contributed by atoms with Crippen molar-refractivity contribution in [3.8, 4) is 0 Å². The third kappa shape index (κ3) is 16.7. The van der Waals surface area contributed by atoms with Crippen LogP contribution in [0.3, 0.4) is 0 Å². The molecule has 1 aromatic heterocycles. The lowest BCUT2D eigenvalue weighted by atomic mass is 10.1. The molecule has 1 unspecified atom stereocenters. The Kier molecular flexibility index (Phi) is 20.6. The van der Waals surface area contributed by atoms with E-state index < -0.39 is 75.7 Å². The molecule has 0 radical (unpaired) electrons. The molecular weight excluding hydrogens is 1000 g/mol.